The fourth-order valence-corrected chi connectivity index (χ4v) is 5.63. The largest absolute Gasteiger partial charge is 0.444 e. The summed E-state index contributed by atoms with van der Waals surface area (Å²) in [5.74, 6) is -2.08. The van der Waals surface area contributed by atoms with E-state index in [0.29, 0.717) is 54.2 Å². The van der Waals surface area contributed by atoms with Crippen LogP contribution in [0, 0.1) is 10.8 Å². The molecule has 3 amide bonds. The molecule has 2 aliphatic rings. The third-order valence-corrected chi connectivity index (χ3v) is 7.36. The molecule has 1 fully saturated rings. The number of hydrogen-bond donors (Lipinski definition) is 0. The van der Waals surface area contributed by atoms with Gasteiger partial charge in [-0.2, -0.15) is 0 Å². The minimum Gasteiger partial charge on any atom is -0.444 e. The maximum atomic E-state index is 13.8. The molecular formula is C27H29Cl2N3O5. The lowest BCUT2D eigenvalue weighted by Gasteiger charge is -2.43. The summed E-state index contributed by atoms with van der Waals surface area (Å²) in [4.78, 5) is 54.0. The highest BCUT2D eigenvalue weighted by molar-refractivity contribution is 6.35. The first-order valence-corrected chi connectivity index (χ1v) is 13.0. The van der Waals surface area contributed by atoms with Gasteiger partial charge in [-0.1, -0.05) is 47.5 Å². The zero-order chi connectivity index (χ0) is 26.9. The van der Waals surface area contributed by atoms with Crippen molar-refractivity contribution in [3.05, 3.63) is 74.1 Å². The normalized spacial score (nSPS) is 20.4. The molecule has 10 heteroatoms. The molecular weight excluding hydrogens is 517 g/mol. The fourth-order valence-electron chi connectivity index (χ4n) is 5.11. The minimum atomic E-state index is -1.01. The van der Waals surface area contributed by atoms with E-state index in [4.69, 9.17) is 27.9 Å². The van der Waals surface area contributed by atoms with Crippen LogP contribution in [-0.2, 0) is 9.53 Å². The summed E-state index contributed by atoms with van der Waals surface area (Å²) < 4.78 is 5.49. The second kappa shape index (κ2) is 10.8. The first-order valence-electron chi connectivity index (χ1n) is 12.2. The predicted molar refractivity (Wildman–Crippen MR) is 141 cm³/mol. The summed E-state index contributed by atoms with van der Waals surface area (Å²) in [6.07, 6.45) is 0.939. The Morgan fingerprint density at radius 2 is 1.73 bits per heavy atom. The van der Waals surface area contributed by atoms with Gasteiger partial charge < -0.3 is 14.5 Å². The minimum absolute atomic E-state index is 0.0569. The van der Waals surface area contributed by atoms with E-state index in [1.807, 2.05) is 20.8 Å². The molecule has 0 saturated carbocycles. The number of amides is 3. The molecule has 0 aromatic heterocycles. The van der Waals surface area contributed by atoms with Crippen LogP contribution < -0.4 is 0 Å². The van der Waals surface area contributed by atoms with E-state index < -0.39 is 23.5 Å². The highest BCUT2D eigenvalue weighted by Crippen LogP contribution is 2.46. The van der Waals surface area contributed by atoms with Gasteiger partial charge in [-0.15, -0.1) is 4.91 Å². The Balaban J connectivity index is 1.66. The van der Waals surface area contributed by atoms with E-state index in [0.717, 1.165) is 0 Å². The lowest BCUT2D eigenvalue weighted by atomic mass is 9.78. The van der Waals surface area contributed by atoms with Gasteiger partial charge in [-0.05, 0) is 68.9 Å². The molecule has 2 atom stereocenters. The number of ether oxygens (including phenoxy) is 1. The van der Waals surface area contributed by atoms with E-state index in [2.05, 4.69) is 5.18 Å². The number of likely N-dealkylation sites (tertiary alicyclic amines) is 1. The quantitative estimate of drug-likeness (QED) is 0.425. The molecule has 2 aliphatic heterocycles. The number of benzene rings is 2. The zero-order valence-electron chi connectivity index (χ0n) is 20.9. The Hall–Kier alpha value is -2.97. The Labute approximate surface area is 225 Å². The Morgan fingerprint density at radius 1 is 1.05 bits per heavy atom. The molecule has 0 aliphatic carbocycles. The molecule has 0 radical (unpaired) electrons. The second-order valence-electron chi connectivity index (χ2n) is 10.5. The molecule has 37 heavy (non-hydrogen) atoms. The van der Waals surface area contributed by atoms with Crippen LogP contribution in [0.5, 0.6) is 0 Å². The van der Waals surface area contributed by atoms with Crippen molar-refractivity contribution in [3.8, 4) is 0 Å². The number of fused-ring (bicyclic) bond motifs is 1. The van der Waals surface area contributed by atoms with Gasteiger partial charge in [0.2, 0.25) is 0 Å². The van der Waals surface area contributed by atoms with Crippen LogP contribution in [0.1, 0.15) is 67.1 Å². The average molecular weight is 546 g/mol. The first-order chi connectivity index (χ1) is 17.5. The van der Waals surface area contributed by atoms with Crippen LogP contribution in [0.15, 0.2) is 47.6 Å². The molecule has 2 aromatic carbocycles. The van der Waals surface area contributed by atoms with Crippen molar-refractivity contribution in [1.29, 1.82) is 0 Å². The van der Waals surface area contributed by atoms with Gasteiger partial charge in [-0.25, -0.2) is 4.79 Å². The average Bonchev–Trinajstić information content (AvgIpc) is 2.85. The fraction of sp³-hybridized carbons (Fsp3) is 0.444. The van der Waals surface area contributed by atoms with E-state index >= 15 is 0 Å². The Morgan fingerprint density at radius 3 is 2.35 bits per heavy atom. The summed E-state index contributed by atoms with van der Waals surface area (Å²) in [7, 11) is 0. The van der Waals surface area contributed by atoms with Gasteiger partial charge in [0.1, 0.15) is 5.60 Å². The predicted octanol–water partition coefficient (Wildman–Crippen LogP) is 6.21. The van der Waals surface area contributed by atoms with E-state index in [9.17, 15) is 19.3 Å². The standard InChI is InChI=1S/C27H29Cl2N3O5/c1-27(2,3)37-26(35)31-12-10-16(11-13-31)15-32-23(20-9-8-17(28)14-21(20)29)22(24(33)30-36)18-6-4-5-7-19(18)25(32)34/h4-9,14,16,22-23H,10-13,15H2,1-3H3/t22-,23+/m1/s1. The molecule has 0 spiro atoms. The van der Waals surface area contributed by atoms with Crippen LogP contribution in [0.3, 0.4) is 0 Å². The molecule has 1 saturated heterocycles. The third kappa shape index (κ3) is 5.80. The number of nitroso groups, excluding NO2 is 1. The Bertz CT molecular complexity index is 1220. The molecule has 8 nitrogen and oxygen atoms in total. The van der Waals surface area contributed by atoms with Gasteiger partial charge in [0, 0.05) is 40.4 Å². The number of nitrogens with zero attached hydrogens (tertiary/aromatic N) is 3. The van der Waals surface area contributed by atoms with Gasteiger partial charge in [0.15, 0.2) is 0 Å². The summed E-state index contributed by atoms with van der Waals surface area (Å²) in [5.41, 5.74) is 0.740. The SMILES string of the molecule is CC(C)(C)OC(=O)N1CCC(CN2C(=O)c3ccccc3[C@@H](C(=O)N=O)[C@@H]2c2ccc(Cl)cc2Cl)CC1. The zero-order valence-corrected chi connectivity index (χ0v) is 22.5. The van der Waals surface area contributed by atoms with Crippen molar-refractivity contribution in [3.63, 3.8) is 0 Å². The maximum absolute atomic E-state index is 13.8. The van der Waals surface area contributed by atoms with Crippen LogP contribution in [0.25, 0.3) is 0 Å². The second-order valence-corrected chi connectivity index (χ2v) is 11.3. The van der Waals surface area contributed by atoms with Crippen molar-refractivity contribution in [1.82, 2.24) is 9.80 Å². The molecule has 4 rings (SSSR count). The summed E-state index contributed by atoms with van der Waals surface area (Å²) in [5, 5.41) is 3.45. The highest BCUT2D eigenvalue weighted by atomic mass is 35.5. The van der Waals surface area contributed by atoms with Gasteiger partial charge in [0.25, 0.3) is 11.8 Å². The van der Waals surface area contributed by atoms with Crippen molar-refractivity contribution in [2.75, 3.05) is 19.6 Å². The maximum Gasteiger partial charge on any atom is 0.410 e. The van der Waals surface area contributed by atoms with Gasteiger partial charge in [-0.3, -0.25) is 9.59 Å². The number of carbonyl (C=O) groups is 3. The first kappa shape index (κ1) is 27.1. The number of carbonyl (C=O) groups excluding carboxylic acids is 3. The number of hydrogen-bond acceptors (Lipinski definition) is 5. The van der Waals surface area contributed by atoms with E-state index in [-0.39, 0.29) is 22.9 Å². The molecule has 0 unspecified atom stereocenters. The summed E-state index contributed by atoms with van der Waals surface area (Å²) in [6.45, 7) is 6.77. The lowest BCUT2D eigenvalue weighted by Crippen LogP contribution is -2.49. The number of piperidine rings is 1. The lowest BCUT2D eigenvalue weighted by molar-refractivity contribution is -0.121. The third-order valence-electron chi connectivity index (χ3n) is 6.80. The summed E-state index contributed by atoms with van der Waals surface area (Å²) >= 11 is 12.7. The molecule has 2 aromatic rings. The topological polar surface area (TPSA) is 96.3 Å². The van der Waals surface area contributed by atoms with Crippen LogP contribution in [-0.4, -0.2) is 52.9 Å². The Kier molecular flexibility index (Phi) is 7.90. The van der Waals surface area contributed by atoms with Crippen molar-refractivity contribution in [2.45, 2.75) is 51.2 Å². The van der Waals surface area contributed by atoms with Crippen molar-refractivity contribution >= 4 is 41.1 Å². The number of halogens is 2. The highest BCUT2D eigenvalue weighted by Gasteiger charge is 2.46. The van der Waals surface area contributed by atoms with Crippen LogP contribution >= 0.6 is 23.2 Å². The summed E-state index contributed by atoms with van der Waals surface area (Å²) in [6, 6.07) is 10.8. The van der Waals surface area contributed by atoms with E-state index in [1.54, 1.807) is 52.3 Å². The monoisotopic (exact) mass is 545 g/mol. The number of rotatable bonds is 4. The molecule has 196 valence electrons. The molecule has 2 heterocycles. The van der Waals surface area contributed by atoms with E-state index in [1.165, 1.54) is 0 Å². The smallest absolute Gasteiger partial charge is 0.410 e. The van der Waals surface area contributed by atoms with Gasteiger partial charge >= 0.3 is 6.09 Å². The molecule has 0 N–H and O–H groups in total. The molecule has 0 bridgehead atoms. The van der Waals surface area contributed by atoms with Crippen molar-refractivity contribution in [2.24, 2.45) is 11.1 Å². The van der Waals surface area contributed by atoms with Crippen LogP contribution in [0.4, 0.5) is 4.79 Å². The van der Waals surface area contributed by atoms with Gasteiger partial charge in [0.05, 0.1) is 12.0 Å². The van der Waals surface area contributed by atoms with Crippen molar-refractivity contribution < 1.29 is 19.1 Å². The van der Waals surface area contributed by atoms with Crippen LogP contribution in [0.2, 0.25) is 10.0 Å².